The molecule has 0 spiro atoms. The third kappa shape index (κ3) is 2.34. The first-order valence-corrected chi connectivity index (χ1v) is 7.36. The Morgan fingerprint density at radius 3 is 2.53 bits per heavy atom. The lowest BCUT2D eigenvalue weighted by Crippen LogP contribution is -2.27. The van der Waals surface area contributed by atoms with Crippen molar-refractivity contribution >= 4 is 34.2 Å². The van der Waals surface area contributed by atoms with E-state index in [4.69, 9.17) is 0 Å². The van der Waals surface area contributed by atoms with Crippen LogP contribution in [0.1, 0.15) is 25.7 Å². The highest BCUT2D eigenvalue weighted by Gasteiger charge is 2.42. The van der Waals surface area contributed by atoms with E-state index in [0.29, 0.717) is 5.92 Å². The molecule has 3 rings (SSSR count). The summed E-state index contributed by atoms with van der Waals surface area (Å²) in [5.41, 5.74) is 0.929. The monoisotopic (exact) mass is 341 g/mol. The Labute approximate surface area is 115 Å². The van der Waals surface area contributed by atoms with Crippen LogP contribution in [0.3, 0.4) is 0 Å². The van der Waals surface area contributed by atoms with Gasteiger partial charge in [0, 0.05) is 15.2 Å². The minimum absolute atomic E-state index is 0.235. The second kappa shape index (κ2) is 4.59. The van der Waals surface area contributed by atoms with Gasteiger partial charge in [0.1, 0.15) is 0 Å². The average molecular weight is 341 g/mol. The molecule has 1 N–H and O–H groups in total. The first-order chi connectivity index (χ1) is 8.22. The molecular weight excluding hydrogens is 325 g/mol. The van der Waals surface area contributed by atoms with Gasteiger partial charge in [-0.1, -0.05) is 6.42 Å². The van der Waals surface area contributed by atoms with Gasteiger partial charge in [0.15, 0.2) is 0 Å². The molecule has 1 aromatic carbocycles. The predicted molar refractivity (Wildman–Crippen MR) is 76.7 cm³/mol. The van der Waals surface area contributed by atoms with Crippen LogP contribution in [0.15, 0.2) is 24.3 Å². The SMILES string of the molecule is O=C(Nc1ccc(I)cc1)[C@@H]1C[C@H]2CC[C@H]1C2. The Kier molecular flexibility index (Phi) is 3.11. The second-order valence-corrected chi connectivity index (χ2v) is 6.52. The fraction of sp³-hybridized carbons (Fsp3) is 0.500. The Hall–Kier alpha value is -0.580. The van der Waals surface area contributed by atoms with Crippen LogP contribution >= 0.6 is 22.6 Å². The number of anilines is 1. The van der Waals surface area contributed by atoms with Gasteiger partial charge in [-0.25, -0.2) is 0 Å². The number of nitrogens with one attached hydrogen (secondary N) is 1. The molecule has 1 amide bonds. The molecule has 0 radical (unpaired) electrons. The minimum Gasteiger partial charge on any atom is -0.326 e. The summed E-state index contributed by atoms with van der Waals surface area (Å²) in [5.74, 6) is 1.99. The summed E-state index contributed by atoms with van der Waals surface area (Å²) in [7, 11) is 0. The van der Waals surface area contributed by atoms with Crippen molar-refractivity contribution in [1.82, 2.24) is 0 Å². The molecule has 3 heteroatoms. The van der Waals surface area contributed by atoms with Crippen LogP contribution in [0, 0.1) is 21.3 Å². The maximum atomic E-state index is 12.2. The highest BCUT2D eigenvalue weighted by atomic mass is 127. The molecule has 2 fully saturated rings. The molecule has 0 saturated heterocycles. The molecular formula is C14H16INO. The van der Waals surface area contributed by atoms with Crippen LogP contribution in [0.5, 0.6) is 0 Å². The molecule has 3 atom stereocenters. The molecule has 0 aromatic heterocycles. The molecule has 2 aliphatic carbocycles. The molecule has 0 unspecified atom stereocenters. The lowest BCUT2D eigenvalue weighted by atomic mass is 9.88. The number of benzene rings is 1. The van der Waals surface area contributed by atoms with Gasteiger partial charge in [-0.2, -0.15) is 0 Å². The molecule has 2 nitrogen and oxygen atoms in total. The maximum absolute atomic E-state index is 12.2. The Morgan fingerprint density at radius 2 is 1.94 bits per heavy atom. The van der Waals surface area contributed by atoms with E-state index >= 15 is 0 Å². The first-order valence-electron chi connectivity index (χ1n) is 6.29. The van der Waals surface area contributed by atoms with E-state index in [-0.39, 0.29) is 11.8 Å². The summed E-state index contributed by atoms with van der Waals surface area (Å²) in [4.78, 5) is 12.2. The van der Waals surface area contributed by atoms with E-state index in [1.54, 1.807) is 0 Å². The van der Waals surface area contributed by atoms with E-state index in [1.165, 1.54) is 22.8 Å². The Morgan fingerprint density at radius 1 is 1.18 bits per heavy atom. The molecule has 17 heavy (non-hydrogen) atoms. The van der Waals surface area contributed by atoms with Crippen molar-refractivity contribution in [3.63, 3.8) is 0 Å². The molecule has 2 aliphatic rings. The van der Waals surface area contributed by atoms with Crippen molar-refractivity contribution in [2.45, 2.75) is 25.7 Å². The van der Waals surface area contributed by atoms with Crippen LogP contribution in [0.4, 0.5) is 5.69 Å². The van der Waals surface area contributed by atoms with Gasteiger partial charge in [0.05, 0.1) is 0 Å². The van der Waals surface area contributed by atoms with E-state index in [1.807, 2.05) is 24.3 Å². The van der Waals surface area contributed by atoms with Gasteiger partial charge >= 0.3 is 0 Å². The van der Waals surface area contributed by atoms with E-state index in [2.05, 4.69) is 27.9 Å². The van der Waals surface area contributed by atoms with Crippen LogP contribution < -0.4 is 5.32 Å². The third-order valence-corrected chi connectivity index (χ3v) is 4.91. The predicted octanol–water partition coefficient (Wildman–Crippen LogP) is 3.67. The van der Waals surface area contributed by atoms with Gasteiger partial charge < -0.3 is 5.32 Å². The Bertz CT molecular complexity index is 428. The minimum atomic E-state index is 0.235. The lowest BCUT2D eigenvalue weighted by Gasteiger charge is -2.20. The maximum Gasteiger partial charge on any atom is 0.227 e. The zero-order valence-corrected chi connectivity index (χ0v) is 11.8. The van der Waals surface area contributed by atoms with E-state index in [9.17, 15) is 4.79 Å². The highest BCUT2D eigenvalue weighted by molar-refractivity contribution is 14.1. The van der Waals surface area contributed by atoms with Gasteiger partial charge in [0.2, 0.25) is 5.91 Å². The number of carbonyl (C=O) groups is 1. The number of rotatable bonds is 2. The summed E-state index contributed by atoms with van der Waals surface area (Å²) in [6.45, 7) is 0. The summed E-state index contributed by atoms with van der Waals surface area (Å²) < 4.78 is 1.19. The second-order valence-electron chi connectivity index (χ2n) is 5.28. The number of hydrogen-bond acceptors (Lipinski definition) is 1. The number of carbonyl (C=O) groups excluding carboxylic acids is 1. The zero-order chi connectivity index (χ0) is 11.8. The van der Waals surface area contributed by atoms with Gasteiger partial charge in [-0.05, 0) is 78.0 Å². The van der Waals surface area contributed by atoms with Crippen molar-refractivity contribution in [2.24, 2.45) is 17.8 Å². The van der Waals surface area contributed by atoms with Crippen molar-refractivity contribution in [3.8, 4) is 0 Å². The van der Waals surface area contributed by atoms with E-state index in [0.717, 1.165) is 18.0 Å². The fourth-order valence-electron chi connectivity index (χ4n) is 3.33. The molecule has 0 aliphatic heterocycles. The summed E-state index contributed by atoms with van der Waals surface area (Å²) >= 11 is 2.27. The summed E-state index contributed by atoms with van der Waals surface area (Å²) in [6.07, 6.45) is 5.00. The molecule has 2 saturated carbocycles. The molecule has 90 valence electrons. The number of fused-ring (bicyclic) bond motifs is 2. The zero-order valence-electron chi connectivity index (χ0n) is 9.66. The number of halogens is 1. The highest BCUT2D eigenvalue weighted by Crippen LogP contribution is 2.48. The van der Waals surface area contributed by atoms with Gasteiger partial charge in [0.25, 0.3) is 0 Å². The van der Waals surface area contributed by atoms with Crippen molar-refractivity contribution in [2.75, 3.05) is 5.32 Å². The third-order valence-electron chi connectivity index (χ3n) is 4.19. The van der Waals surface area contributed by atoms with Crippen LogP contribution in [-0.2, 0) is 4.79 Å². The quantitative estimate of drug-likeness (QED) is 0.818. The summed E-state index contributed by atoms with van der Waals surface area (Å²) in [6, 6.07) is 8.01. The van der Waals surface area contributed by atoms with Crippen LogP contribution in [-0.4, -0.2) is 5.91 Å². The molecule has 1 aromatic rings. The smallest absolute Gasteiger partial charge is 0.227 e. The normalized spacial score (nSPS) is 30.5. The van der Waals surface area contributed by atoms with Crippen LogP contribution in [0.25, 0.3) is 0 Å². The van der Waals surface area contributed by atoms with Gasteiger partial charge in [-0.3, -0.25) is 4.79 Å². The number of amides is 1. The first kappa shape index (κ1) is 11.5. The standard InChI is InChI=1S/C14H16INO/c15-11-3-5-12(6-4-11)16-14(17)13-8-9-1-2-10(13)7-9/h3-6,9-10,13H,1-2,7-8H2,(H,16,17)/t9-,10-,13+/m0/s1. The van der Waals surface area contributed by atoms with Crippen molar-refractivity contribution in [3.05, 3.63) is 27.8 Å². The topological polar surface area (TPSA) is 29.1 Å². The van der Waals surface area contributed by atoms with Crippen LogP contribution in [0.2, 0.25) is 0 Å². The van der Waals surface area contributed by atoms with Crippen molar-refractivity contribution < 1.29 is 4.79 Å². The molecule has 0 heterocycles. The summed E-state index contributed by atoms with van der Waals surface area (Å²) in [5, 5.41) is 3.05. The lowest BCUT2D eigenvalue weighted by molar-refractivity contribution is -0.121. The largest absolute Gasteiger partial charge is 0.326 e. The fourth-order valence-corrected chi connectivity index (χ4v) is 3.69. The Balaban J connectivity index is 1.65. The number of hydrogen-bond donors (Lipinski definition) is 1. The molecule has 2 bridgehead atoms. The average Bonchev–Trinajstić information content (AvgIpc) is 2.94. The van der Waals surface area contributed by atoms with Crippen molar-refractivity contribution in [1.29, 1.82) is 0 Å². The van der Waals surface area contributed by atoms with Gasteiger partial charge in [-0.15, -0.1) is 0 Å². The van der Waals surface area contributed by atoms with E-state index < -0.39 is 0 Å².